The van der Waals surface area contributed by atoms with Gasteiger partial charge >= 0.3 is 16.9 Å². The Morgan fingerprint density at radius 3 is 2.49 bits per heavy atom. The minimum atomic E-state index is -5.39. The predicted octanol–water partition coefficient (Wildman–Crippen LogP) is 6.00. The van der Waals surface area contributed by atoms with Crippen LogP contribution in [0.15, 0.2) is 59.4 Å². The van der Waals surface area contributed by atoms with Gasteiger partial charge in [-0.25, -0.2) is 0 Å². The average molecular weight is 557 g/mol. The van der Waals surface area contributed by atoms with Crippen molar-refractivity contribution in [2.45, 2.75) is 25.2 Å². The van der Waals surface area contributed by atoms with Gasteiger partial charge in [-0.3, -0.25) is 4.79 Å². The molecule has 2 heterocycles. The van der Waals surface area contributed by atoms with Gasteiger partial charge in [-0.2, -0.15) is 13.7 Å². The number of fused-ring (bicyclic) bond motifs is 4. The molecule has 1 saturated carbocycles. The minimum Gasteiger partial charge on any atom is -0.405 e. The van der Waals surface area contributed by atoms with Gasteiger partial charge in [0.05, 0.1) is 27.9 Å². The molecule has 8 nitrogen and oxygen atoms in total. The molecule has 0 radical (unpaired) electrons. The van der Waals surface area contributed by atoms with E-state index in [1.807, 2.05) is 10.6 Å². The van der Waals surface area contributed by atoms with E-state index in [0.717, 1.165) is 31.0 Å². The van der Waals surface area contributed by atoms with E-state index in [2.05, 4.69) is 13.9 Å². The Morgan fingerprint density at radius 1 is 1.05 bits per heavy atom. The number of nitriles is 1. The molecule has 2 aromatic heterocycles. The van der Waals surface area contributed by atoms with Crippen molar-refractivity contribution < 1.29 is 34.4 Å². The highest BCUT2D eigenvalue weighted by Crippen LogP contribution is 2.44. The van der Waals surface area contributed by atoms with Gasteiger partial charge < -0.3 is 18.5 Å². The third-order valence-electron chi connectivity index (χ3n) is 6.46. The SMILES string of the molecule is N#Cc1ccc2c(c1)[nH]c1c2c(=O)c2cc(OC(F)(F)F)c(-c3cccc(OS(=O)(=O)F)c3)cc2n1C1CC1. The summed E-state index contributed by atoms with van der Waals surface area (Å²) >= 11 is 0. The Labute approximate surface area is 217 Å². The zero-order valence-electron chi connectivity index (χ0n) is 19.5. The van der Waals surface area contributed by atoms with Crippen molar-refractivity contribution in [1.29, 1.82) is 5.26 Å². The molecule has 6 rings (SSSR count). The molecule has 1 aliphatic carbocycles. The quantitative estimate of drug-likeness (QED) is 0.209. The molecule has 0 bridgehead atoms. The molecule has 1 fully saturated rings. The Balaban J connectivity index is 1.70. The summed E-state index contributed by atoms with van der Waals surface area (Å²) in [5.74, 6) is -1.17. The van der Waals surface area contributed by atoms with Crippen molar-refractivity contribution in [2.75, 3.05) is 0 Å². The Hall–Kier alpha value is -4.57. The summed E-state index contributed by atoms with van der Waals surface area (Å²) in [7, 11) is -5.39. The van der Waals surface area contributed by atoms with Crippen LogP contribution in [0.4, 0.5) is 17.1 Å². The summed E-state index contributed by atoms with van der Waals surface area (Å²) in [5, 5.41) is 10.0. The highest BCUT2D eigenvalue weighted by Gasteiger charge is 2.34. The van der Waals surface area contributed by atoms with Crippen LogP contribution < -0.4 is 14.3 Å². The zero-order valence-corrected chi connectivity index (χ0v) is 20.4. The number of hydrogen-bond donors (Lipinski definition) is 1. The number of alkyl halides is 3. The van der Waals surface area contributed by atoms with Crippen molar-refractivity contribution in [3.63, 3.8) is 0 Å². The lowest BCUT2D eigenvalue weighted by atomic mass is 10.0. The number of nitrogens with zero attached hydrogens (tertiary/aromatic N) is 2. The molecular weight excluding hydrogens is 542 g/mol. The molecule has 198 valence electrons. The molecule has 1 aliphatic rings. The molecule has 5 aromatic rings. The summed E-state index contributed by atoms with van der Waals surface area (Å²) in [4.78, 5) is 16.9. The molecule has 0 aliphatic heterocycles. The third-order valence-corrected chi connectivity index (χ3v) is 6.85. The van der Waals surface area contributed by atoms with E-state index in [1.165, 1.54) is 18.2 Å². The van der Waals surface area contributed by atoms with Crippen LogP contribution in [0.3, 0.4) is 0 Å². The number of nitrogens with one attached hydrogen (secondary N) is 1. The van der Waals surface area contributed by atoms with Crippen molar-refractivity contribution in [3.05, 3.63) is 70.4 Å². The number of H-pyrrole nitrogens is 1. The number of pyridine rings is 1. The standard InChI is InChI=1S/C26H15F4N3O5S/c27-26(28,29)37-22-11-19-21(10-18(22)14-2-1-3-16(9-14)38-39(30,35)36)33(15-5-6-15)25-23(24(19)34)17-7-4-13(12-31)8-20(17)32-25/h1-4,7-11,15,32H,5-6H2. The van der Waals surface area contributed by atoms with E-state index >= 15 is 0 Å². The van der Waals surface area contributed by atoms with Crippen LogP contribution in [0.25, 0.3) is 44.0 Å². The molecule has 39 heavy (non-hydrogen) atoms. The van der Waals surface area contributed by atoms with Gasteiger partial charge in [-0.15, -0.1) is 13.2 Å². The highest BCUT2D eigenvalue weighted by molar-refractivity contribution is 7.81. The maximum atomic E-state index is 13.7. The van der Waals surface area contributed by atoms with Crippen molar-refractivity contribution >= 4 is 43.3 Å². The highest BCUT2D eigenvalue weighted by atomic mass is 32.3. The number of aromatic nitrogens is 2. The number of ether oxygens (including phenoxy) is 1. The maximum absolute atomic E-state index is 13.7. The summed E-state index contributed by atoms with van der Waals surface area (Å²) in [6.07, 6.45) is -3.59. The average Bonchev–Trinajstić information content (AvgIpc) is 3.61. The van der Waals surface area contributed by atoms with E-state index in [9.17, 15) is 35.5 Å². The lowest BCUT2D eigenvalue weighted by molar-refractivity contribution is -0.274. The number of benzene rings is 3. The van der Waals surface area contributed by atoms with Crippen LogP contribution in [0.2, 0.25) is 0 Å². The first-order valence-corrected chi connectivity index (χ1v) is 12.8. The summed E-state index contributed by atoms with van der Waals surface area (Å²) in [6, 6.07) is 13.9. The monoisotopic (exact) mass is 557 g/mol. The van der Waals surface area contributed by atoms with E-state index < -0.39 is 33.8 Å². The number of hydrogen-bond acceptors (Lipinski definition) is 6. The molecular formula is C26H15F4N3O5S. The van der Waals surface area contributed by atoms with Crippen LogP contribution in [0, 0.1) is 11.3 Å². The molecule has 0 unspecified atom stereocenters. The van der Waals surface area contributed by atoms with Crippen LogP contribution in [-0.2, 0) is 10.5 Å². The Bertz CT molecular complexity index is 2040. The Kier molecular flexibility index (Phi) is 5.37. The summed E-state index contributed by atoms with van der Waals surface area (Å²) in [6.45, 7) is 0. The van der Waals surface area contributed by atoms with Crippen LogP contribution in [0.5, 0.6) is 11.5 Å². The number of halogens is 4. The second kappa shape index (κ2) is 8.47. The molecule has 0 spiro atoms. The molecule has 3 aromatic carbocycles. The van der Waals surface area contributed by atoms with Crippen LogP contribution in [0.1, 0.15) is 24.4 Å². The zero-order chi connectivity index (χ0) is 27.7. The first-order chi connectivity index (χ1) is 18.4. The number of aromatic amines is 1. The second-order valence-electron chi connectivity index (χ2n) is 9.07. The van der Waals surface area contributed by atoms with Gasteiger partial charge in [0.2, 0.25) is 0 Å². The normalized spacial score (nSPS) is 14.1. The molecule has 1 N–H and O–H groups in total. The maximum Gasteiger partial charge on any atom is 0.573 e. The lowest BCUT2D eigenvalue weighted by Gasteiger charge is -2.18. The summed E-state index contributed by atoms with van der Waals surface area (Å²) < 4.78 is 85.8. The third kappa shape index (κ3) is 4.52. The topological polar surface area (TPSA) is 114 Å². The van der Waals surface area contributed by atoms with Gasteiger partial charge in [0.1, 0.15) is 17.1 Å². The summed E-state index contributed by atoms with van der Waals surface area (Å²) in [5.41, 5.74) is 1.03. The molecule has 0 amide bonds. The van der Waals surface area contributed by atoms with Gasteiger partial charge in [0, 0.05) is 22.5 Å². The molecule has 0 atom stereocenters. The van der Waals surface area contributed by atoms with Crippen LogP contribution >= 0.6 is 0 Å². The van der Waals surface area contributed by atoms with Crippen molar-refractivity contribution in [2.24, 2.45) is 0 Å². The second-order valence-corrected chi connectivity index (χ2v) is 10.0. The van der Waals surface area contributed by atoms with Gasteiger partial charge in [0.15, 0.2) is 5.43 Å². The molecule has 13 heteroatoms. The smallest absolute Gasteiger partial charge is 0.405 e. The first kappa shape index (κ1) is 24.7. The van der Waals surface area contributed by atoms with Crippen molar-refractivity contribution in [3.8, 4) is 28.7 Å². The van der Waals surface area contributed by atoms with Gasteiger partial charge in [-0.05, 0) is 54.8 Å². The van der Waals surface area contributed by atoms with Gasteiger partial charge in [-0.1, -0.05) is 22.1 Å². The lowest BCUT2D eigenvalue weighted by Crippen LogP contribution is -2.18. The van der Waals surface area contributed by atoms with Crippen LogP contribution in [-0.4, -0.2) is 24.3 Å². The van der Waals surface area contributed by atoms with E-state index in [1.54, 1.807) is 18.2 Å². The minimum absolute atomic E-state index is 0.0265. The van der Waals surface area contributed by atoms with Gasteiger partial charge in [0.25, 0.3) is 0 Å². The number of rotatable bonds is 5. The fourth-order valence-corrected chi connectivity index (χ4v) is 5.18. The fourth-order valence-electron chi connectivity index (χ4n) is 4.85. The predicted molar refractivity (Wildman–Crippen MR) is 133 cm³/mol. The fraction of sp³-hybridized carbons (Fsp3) is 0.154. The van der Waals surface area contributed by atoms with E-state index in [-0.39, 0.29) is 27.9 Å². The molecule has 0 saturated heterocycles. The van der Waals surface area contributed by atoms with E-state index in [4.69, 9.17) is 0 Å². The largest absolute Gasteiger partial charge is 0.573 e. The Morgan fingerprint density at radius 2 is 1.82 bits per heavy atom. The first-order valence-electron chi connectivity index (χ1n) is 11.5. The van der Waals surface area contributed by atoms with Crippen molar-refractivity contribution in [1.82, 2.24) is 9.55 Å². The van der Waals surface area contributed by atoms with E-state index in [0.29, 0.717) is 27.6 Å².